The molecule has 1 aliphatic heterocycles. The van der Waals surface area contributed by atoms with Crippen LogP contribution in [-0.2, 0) is 39.8 Å². The predicted molar refractivity (Wildman–Crippen MR) is 277 cm³/mol. The quantitative estimate of drug-likeness (QED) is 0.0743. The van der Waals surface area contributed by atoms with Gasteiger partial charge < -0.3 is 34.6 Å². The molecule has 2 heterocycles. The molecule has 5 amide bonds. The first kappa shape index (κ1) is 54.7. The number of likely N-dealkylation sites (tertiary alicyclic amines) is 1. The number of nitrogens with zero attached hydrogens (tertiary/aromatic N) is 4. The van der Waals surface area contributed by atoms with Gasteiger partial charge >= 0.3 is 6.09 Å². The summed E-state index contributed by atoms with van der Waals surface area (Å²) in [6.45, 7) is 14.0. The maximum Gasteiger partial charge on any atom is 0.410 e. The molecule has 384 valence electrons. The van der Waals surface area contributed by atoms with Crippen molar-refractivity contribution in [2.75, 3.05) is 41.5 Å². The normalized spacial score (nSPS) is 17.8. The largest absolute Gasteiger partial charge is 0.448 e. The Morgan fingerprint density at radius 3 is 2.00 bits per heavy atom. The maximum atomic E-state index is 14.8. The lowest BCUT2D eigenvalue weighted by atomic mass is 9.89. The van der Waals surface area contributed by atoms with Crippen LogP contribution in [0, 0.1) is 23.7 Å². The van der Waals surface area contributed by atoms with Crippen LogP contribution in [0.4, 0.5) is 4.79 Å². The maximum absolute atomic E-state index is 14.8. The molecule has 1 fully saturated rings. The van der Waals surface area contributed by atoms with Crippen molar-refractivity contribution < 1.29 is 38.2 Å². The molecule has 4 aromatic rings. The summed E-state index contributed by atoms with van der Waals surface area (Å²) in [6.07, 6.45) is 2.48. The van der Waals surface area contributed by atoms with E-state index in [4.69, 9.17) is 14.2 Å². The topological polar surface area (TPSA) is 160 Å². The smallest absolute Gasteiger partial charge is 0.410 e. The molecule has 9 atom stereocenters. The van der Waals surface area contributed by atoms with E-state index in [1.807, 2.05) is 113 Å². The van der Waals surface area contributed by atoms with E-state index in [9.17, 15) is 24.0 Å². The molecule has 6 rings (SSSR count). The number of carbonyl (C=O) groups is 5. The number of thiazole rings is 1. The summed E-state index contributed by atoms with van der Waals surface area (Å²) in [5, 5.41) is 8.97. The summed E-state index contributed by atoms with van der Waals surface area (Å²) < 4.78 is 18.2. The molecular weight excluding hydrogens is 917 g/mol. The van der Waals surface area contributed by atoms with Crippen LogP contribution >= 0.6 is 11.3 Å². The zero-order valence-electron chi connectivity index (χ0n) is 43.5. The molecule has 3 aromatic carbocycles. The van der Waals surface area contributed by atoms with Gasteiger partial charge in [0, 0.05) is 52.4 Å². The van der Waals surface area contributed by atoms with E-state index in [0.717, 1.165) is 39.2 Å². The van der Waals surface area contributed by atoms with Crippen LogP contribution in [0.15, 0.2) is 90.4 Å². The highest BCUT2D eigenvalue weighted by atomic mass is 32.1. The van der Waals surface area contributed by atoms with Gasteiger partial charge in [-0.25, -0.2) is 9.78 Å². The van der Waals surface area contributed by atoms with Crippen molar-refractivity contribution in [1.82, 2.24) is 30.3 Å². The number of carbonyl (C=O) groups excluding carboxylic acids is 5. The lowest BCUT2D eigenvalue weighted by Crippen LogP contribution is -2.60. The number of fused-ring (bicyclic) bond motifs is 3. The number of rotatable bonds is 23. The summed E-state index contributed by atoms with van der Waals surface area (Å²) in [7, 11) is 6.40. The van der Waals surface area contributed by atoms with Crippen molar-refractivity contribution in [1.29, 1.82) is 0 Å². The number of amides is 5. The highest BCUT2D eigenvalue weighted by Gasteiger charge is 2.44. The molecule has 0 radical (unpaired) electrons. The molecule has 1 aliphatic carbocycles. The molecular formula is C56H76N6O8S. The molecule has 0 bridgehead atoms. The van der Waals surface area contributed by atoms with Gasteiger partial charge in [-0.15, -0.1) is 11.3 Å². The van der Waals surface area contributed by atoms with Crippen molar-refractivity contribution in [3.63, 3.8) is 0 Å². The van der Waals surface area contributed by atoms with Crippen LogP contribution in [0.5, 0.6) is 0 Å². The highest BCUT2D eigenvalue weighted by molar-refractivity contribution is 7.09. The fraction of sp³-hybridized carbons (Fsp3) is 0.536. The highest BCUT2D eigenvalue weighted by Crippen LogP contribution is 2.44. The fourth-order valence-corrected chi connectivity index (χ4v) is 11.5. The van der Waals surface area contributed by atoms with Gasteiger partial charge in [-0.2, -0.15) is 0 Å². The van der Waals surface area contributed by atoms with Crippen LogP contribution < -0.4 is 10.6 Å². The number of aromatic nitrogens is 1. The Kier molecular flexibility index (Phi) is 19.4. The summed E-state index contributed by atoms with van der Waals surface area (Å²) in [4.78, 5) is 80.8. The zero-order valence-corrected chi connectivity index (χ0v) is 44.3. The minimum absolute atomic E-state index is 0.0150. The van der Waals surface area contributed by atoms with Gasteiger partial charge in [0.1, 0.15) is 23.7 Å². The first-order valence-corrected chi connectivity index (χ1v) is 26.1. The number of likely N-dealkylation sites (N-methyl/N-ethyl adjacent to an activating group) is 2. The van der Waals surface area contributed by atoms with E-state index in [-0.39, 0.29) is 66.5 Å². The molecule has 71 heavy (non-hydrogen) atoms. The number of benzene rings is 3. The molecule has 2 N–H and O–H groups in total. The molecule has 0 spiro atoms. The van der Waals surface area contributed by atoms with Crippen molar-refractivity contribution in [2.45, 2.75) is 129 Å². The second-order valence-corrected chi connectivity index (χ2v) is 21.0. The Morgan fingerprint density at radius 1 is 0.803 bits per heavy atom. The Bertz CT molecular complexity index is 2350. The van der Waals surface area contributed by atoms with Crippen molar-refractivity contribution in [2.24, 2.45) is 23.7 Å². The number of hydrogen-bond acceptors (Lipinski definition) is 10. The van der Waals surface area contributed by atoms with E-state index in [0.29, 0.717) is 25.8 Å². The van der Waals surface area contributed by atoms with Crippen molar-refractivity contribution >= 4 is 41.1 Å². The Morgan fingerprint density at radius 2 is 1.44 bits per heavy atom. The zero-order chi connectivity index (χ0) is 51.5. The van der Waals surface area contributed by atoms with Crippen LogP contribution in [-0.4, -0.2) is 127 Å². The average molecular weight is 993 g/mol. The molecule has 14 nitrogen and oxygen atoms in total. The second-order valence-electron chi connectivity index (χ2n) is 20.0. The summed E-state index contributed by atoms with van der Waals surface area (Å²) >= 11 is 1.49. The third-order valence-electron chi connectivity index (χ3n) is 14.8. The van der Waals surface area contributed by atoms with Gasteiger partial charge in [0.05, 0.1) is 42.7 Å². The summed E-state index contributed by atoms with van der Waals surface area (Å²) in [5.41, 5.74) is 5.48. The number of nitrogens with one attached hydrogen (secondary N) is 2. The average Bonchev–Trinajstić information content (AvgIpc) is 4.15. The third-order valence-corrected chi connectivity index (χ3v) is 15.7. The predicted octanol–water partition coefficient (Wildman–Crippen LogP) is 8.51. The van der Waals surface area contributed by atoms with Gasteiger partial charge in [-0.1, -0.05) is 134 Å². The van der Waals surface area contributed by atoms with Crippen LogP contribution in [0.3, 0.4) is 0 Å². The van der Waals surface area contributed by atoms with Crippen LogP contribution in [0.25, 0.3) is 11.1 Å². The Balaban J connectivity index is 1.11. The molecule has 15 heteroatoms. The molecule has 1 aromatic heterocycles. The van der Waals surface area contributed by atoms with Crippen molar-refractivity contribution in [3.05, 3.63) is 112 Å². The molecule has 0 unspecified atom stereocenters. The van der Waals surface area contributed by atoms with Crippen LogP contribution in [0.1, 0.15) is 108 Å². The lowest BCUT2D eigenvalue weighted by Gasteiger charge is -2.41. The summed E-state index contributed by atoms with van der Waals surface area (Å²) in [6, 6.07) is 23.1. The SMILES string of the molecule is CC[C@H](C)[C@@H]([C@@H](CC(=O)N1CCC[C@H]1[C@H](OC)[C@H](C)C(=O)N[C@@H](Cc1ccccc1)c1nccs1)OC)N(C)C(=O)[C@@H](NC(=O)[C@H](C(C)C)N(C)C(=O)OCC1c2ccccc2-c2ccccc21)C(C)C. The third kappa shape index (κ3) is 12.7. The van der Waals surface area contributed by atoms with Gasteiger partial charge in [0.15, 0.2) is 0 Å². The molecule has 0 saturated carbocycles. The van der Waals surface area contributed by atoms with E-state index < -0.39 is 48.3 Å². The van der Waals surface area contributed by atoms with Gasteiger partial charge in [0.25, 0.3) is 0 Å². The standard InChI is InChI=1S/C56H76N6O8S/c1-12-36(6)50(46(68-10)32-47(63)62-29-20-27-45(62)51(69-11)37(7)52(64)58-44(54-57-28-30-71-54)31-38-21-14-13-15-22-38)60(8)55(66)48(34(2)3)59-53(65)49(35(4)5)61(9)56(67)70-33-43-41-25-18-16-23-39(41)40-24-17-19-26-42(40)43/h13-19,21-26,28,30,34-37,43-46,48-51H,12,20,27,29,31-33H2,1-11H3,(H,58,64)(H,59,65)/t36-,37-,44-,45-,46+,48-,49-,50-,51+/m0/s1. The minimum atomic E-state index is -0.953. The molecule has 2 aliphatic rings. The minimum Gasteiger partial charge on any atom is -0.448 e. The van der Waals surface area contributed by atoms with Crippen LogP contribution in [0.2, 0.25) is 0 Å². The van der Waals surface area contributed by atoms with E-state index in [1.54, 1.807) is 39.4 Å². The van der Waals surface area contributed by atoms with Gasteiger partial charge in [-0.3, -0.25) is 24.1 Å². The lowest BCUT2D eigenvalue weighted by molar-refractivity contribution is -0.148. The van der Waals surface area contributed by atoms with E-state index in [2.05, 4.69) is 39.9 Å². The van der Waals surface area contributed by atoms with E-state index in [1.165, 1.54) is 16.2 Å². The second kappa shape index (κ2) is 25.1. The number of hydrogen-bond donors (Lipinski definition) is 2. The Labute approximate surface area is 425 Å². The number of methoxy groups -OCH3 is 2. The first-order chi connectivity index (χ1) is 34.0. The Hall–Kier alpha value is -5.64. The first-order valence-electron chi connectivity index (χ1n) is 25.3. The fourth-order valence-electron chi connectivity index (χ4n) is 10.8. The number of ether oxygens (including phenoxy) is 3. The van der Waals surface area contributed by atoms with Gasteiger partial charge in [0.2, 0.25) is 23.6 Å². The summed E-state index contributed by atoms with van der Waals surface area (Å²) in [5.74, 6) is -2.62. The van der Waals surface area contributed by atoms with E-state index >= 15 is 0 Å². The van der Waals surface area contributed by atoms with Crippen molar-refractivity contribution in [3.8, 4) is 11.1 Å². The monoisotopic (exact) mass is 993 g/mol. The molecule has 1 saturated heterocycles. The van der Waals surface area contributed by atoms with Gasteiger partial charge in [-0.05, 0) is 64.8 Å².